The van der Waals surface area contributed by atoms with Gasteiger partial charge in [0.15, 0.2) is 5.79 Å². The van der Waals surface area contributed by atoms with Crippen molar-refractivity contribution in [3.05, 3.63) is 64.7 Å². The van der Waals surface area contributed by atoms with Gasteiger partial charge >= 0.3 is 0 Å². The third-order valence-corrected chi connectivity index (χ3v) is 6.24. The molecule has 2 aromatic carbocycles. The summed E-state index contributed by atoms with van der Waals surface area (Å²) in [5.41, 5.74) is 4.63. The van der Waals surface area contributed by atoms with Crippen LogP contribution in [-0.4, -0.2) is 44.9 Å². The highest BCUT2D eigenvalue weighted by Crippen LogP contribution is 2.38. The number of ether oxygens (including phenoxy) is 2. The molecule has 1 N–H and O–H groups in total. The molecule has 2 aliphatic heterocycles. The topological polar surface area (TPSA) is 67.9 Å². The van der Waals surface area contributed by atoms with Crippen LogP contribution in [0.15, 0.2) is 42.5 Å². The van der Waals surface area contributed by atoms with Gasteiger partial charge in [0.2, 0.25) is 5.91 Å². The van der Waals surface area contributed by atoms with E-state index < -0.39 is 5.79 Å². The van der Waals surface area contributed by atoms with Crippen molar-refractivity contribution >= 4 is 29.3 Å². The summed E-state index contributed by atoms with van der Waals surface area (Å²) in [6.45, 7) is 1.42. The van der Waals surface area contributed by atoms with E-state index in [1.54, 1.807) is 23.7 Å². The molecule has 158 valence electrons. The number of likely N-dealkylation sites (N-methyl/N-ethyl adjacent to an activating group) is 1. The maximum atomic E-state index is 12.5. The van der Waals surface area contributed by atoms with Crippen molar-refractivity contribution in [3.8, 4) is 0 Å². The van der Waals surface area contributed by atoms with Gasteiger partial charge < -0.3 is 19.7 Å². The molecule has 0 atom stereocenters. The van der Waals surface area contributed by atoms with Crippen molar-refractivity contribution in [2.75, 3.05) is 38.0 Å². The van der Waals surface area contributed by atoms with Gasteiger partial charge in [0.25, 0.3) is 5.91 Å². The smallest absolute Gasteiger partial charge is 0.251 e. The summed E-state index contributed by atoms with van der Waals surface area (Å²) in [6.07, 6.45) is 2.94. The van der Waals surface area contributed by atoms with Crippen LogP contribution in [0.4, 0.5) is 5.69 Å². The van der Waals surface area contributed by atoms with Gasteiger partial charge in [-0.25, -0.2) is 0 Å². The van der Waals surface area contributed by atoms with Gasteiger partial charge in [-0.1, -0.05) is 18.2 Å². The van der Waals surface area contributed by atoms with E-state index in [9.17, 15) is 9.59 Å². The molecule has 2 aliphatic rings. The Morgan fingerprint density at radius 1 is 1.17 bits per heavy atom. The van der Waals surface area contributed by atoms with Crippen LogP contribution in [0.5, 0.6) is 0 Å². The molecule has 2 aromatic rings. The fourth-order valence-corrected chi connectivity index (χ4v) is 4.50. The molecule has 0 unspecified atom stereocenters. The second-order valence-electron chi connectivity index (χ2n) is 7.56. The lowest BCUT2D eigenvalue weighted by atomic mass is 9.98. The molecule has 0 bridgehead atoms. The predicted molar refractivity (Wildman–Crippen MR) is 118 cm³/mol. The number of amides is 2. The van der Waals surface area contributed by atoms with Crippen LogP contribution in [-0.2, 0) is 32.2 Å². The van der Waals surface area contributed by atoms with Crippen molar-refractivity contribution in [1.29, 1.82) is 0 Å². The Bertz CT molecular complexity index is 939. The molecule has 0 spiro atoms. The summed E-state index contributed by atoms with van der Waals surface area (Å²) in [5, 5.41) is 2.97. The van der Waals surface area contributed by atoms with E-state index >= 15 is 0 Å². The Kier molecular flexibility index (Phi) is 6.13. The van der Waals surface area contributed by atoms with Crippen LogP contribution in [0.25, 0.3) is 0 Å². The number of carbonyl (C=O) groups is 2. The molecule has 2 amide bonds. The highest BCUT2D eigenvalue weighted by molar-refractivity contribution is 7.97. The molecule has 1 saturated heterocycles. The van der Waals surface area contributed by atoms with Crippen LogP contribution in [0.1, 0.15) is 33.5 Å². The summed E-state index contributed by atoms with van der Waals surface area (Å²) >= 11 is 1.75. The molecule has 2 heterocycles. The second kappa shape index (κ2) is 8.79. The van der Waals surface area contributed by atoms with Gasteiger partial charge in [-0.15, -0.1) is 0 Å². The van der Waals surface area contributed by atoms with E-state index in [1.165, 1.54) is 5.56 Å². The molecular formula is C23H26N2O4S. The quantitative estimate of drug-likeness (QED) is 0.737. The molecule has 0 aromatic heterocycles. The van der Waals surface area contributed by atoms with Gasteiger partial charge in [0.1, 0.15) is 0 Å². The normalized spacial score (nSPS) is 17.3. The lowest BCUT2D eigenvalue weighted by Gasteiger charge is -2.28. The van der Waals surface area contributed by atoms with E-state index in [0.717, 1.165) is 22.6 Å². The summed E-state index contributed by atoms with van der Waals surface area (Å²) < 4.78 is 12.0. The zero-order valence-electron chi connectivity index (χ0n) is 17.3. The number of anilines is 1. The van der Waals surface area contributed by atoms with E-state index in [2.05, 4.69) is 11.6 Å². The first-order valence-electron chi connectivity index (χ1n) is 10.1. The molecule has 0 aliphatic carbocycles. The van der Waals surface area contributed by atoms with E-state index in [4.69, 9.17) is 9.47 Å². The number of carbonyl (C=O) groups excluding carboxylic acids is 2. The van der Waals surface area contributed by atoms with Crippen LogP contribution in [0, 0.1) is 0 Å². The average molecular weight is 427 g/mol. The van der Waals surface area contributed by atoms with Gasteiger partial charge in [-0.05, 0) is 41.6 Å². The number of nitrogens with one attached hydrogen (secondary N) is 1. The minimum Gasteiger partial charge on any atom is -0.352 e. The Labute approximate surface area is 180 Å². The third-order valence-electron chi connectivity index (χ3n) is 5.62. The van der Waals surface area contributed by atoms with Crippen molar-refractivity contribution in [3.63, 3.8) is 0 Å². The number of fused-ring (bicyclic) bond motifs is 1. The third kappa shape index (κ3) is 4.10. The van der Waals surface area contributed by atoms with Crippen molar-refractivity contribution < 1.29 is 19.1 Å². The molecule has 4 rings (SSSR count). The Morgan fingerprint density at radius 2 is 1.90 bits per heavy atom. The highest BCUT2D eigenvalue weighted by Gasteiger charge is 2.39. The SMILES string of the molecule is CSCc1ccc(C(=O)NCCC2(c3ccc4c(c3)CC(=O)N4C)OCCO2)cc1. The molecule has 1 fully saturated rings. The molecule has 7 heteroatoms. The first-order valence-corrected chi connectivity index (χ1v) is 11.5. The highest BCUT2D eigenvalue weighted by atomic mass is 32.2. The van der Waals surface area contributed by atoms with Crippen LogP contribution in [0.3, 0.4) is 0 Å². The summed E-state index contributed by atoms with van der Waals surface area (Å²) in [6, 6.07) is 13.6. The van der Waals surface area contributed by atoms with Gasteiger partial charge in [0.05, 0.1) is 19.6 Å². The van der Waals surface area contributed by atoms with Crippen LogP contribution < -0.4 is 10.2 Å². The first kappa shape index (κ1) is 20.9. The maximum absolute atomic E-state index is 12.5. The summed E-state index contributed by atoms with van der Waals surface area (Å²) in [4.78, 5) is 26.2. The van der Waals surface area contributed by atoms with Crippen molar-refractivity contribution in [2.45, 2.75) is 24.4 Å². The maximum Gasteiger partial charge on any atom is 0.251 e. The zero-order chi connectivity index (χ0) is 21.1. The molecular weight excluding hydrogens is 400 g/mol. The molecule has 6 nitrogen and oxygen atoms in total. The molecule has 30 heavy (non-hydrogen) atoms. The lowest BCUT2D eigenvalue weighted by Crippen LogP contribution is -2.34. The Balaban J connectivity index is 1.42. The number of thioether (sulfide) groups is 1. The monoisotopic (exact) mass is 426 g/mol. The minimum atomic E-state index is -0.894. The largest absolute Gasteiger partial charge is 0.352 e. The van der Waals surface area contributed by atoms with Gasteiger partial charge in [-0.2, -0.15) is 11.8 Å². The number of hydrogen-bond donors (Lipinski definition) is 1. The summed E-state index contributed by atoms with van der Waals surface area (Å²) in [7, 11) is 1.79. The lowest BCUT2D eigenvalue weighted by molar-refractivity contribution is -0.169. The fraction of sp³-hybridized carbons (Fsp3) is 0.391. The molecule has 0 saturated carbocycles. The number of benzene rings is 2. The molecule has 0 radical (unpaired) electrons. The van der Waals surface area contributed by atoms with Crippen LogP contribution >= 0.6 is 11.8 Å². The first-order chi connectivity index (χ1) is 14.5. The van der Waals surface area contributed by atoms with E-state index in [0.29, 0.717) is 38.2 Å². The Morgan fingerprint density at radius 3 is 2.60 bits per heavy atom. The summed E-state index contributed by atoms with van der Waals surface area (Å²) in [5.74, 6) is 0.0102. The van der Waals surface area contributed by atoms with Gasteiger partial charge in [-0.3, -0.25) is 9.59 Å². The number of hydrogen-bond acceptors (Lipinski definition) is 5. The fourth-order valence-electron chi connectivity index (χ4n) is 3.98. The number of rotatable bonds is 7. The predicted octanol–water partition coefficient (Wildman–Crippen LogP) is 3.09. The van der Waals surface area contributed by atoms with Crippen LogP contribution in [0.2, 0.25) is 0 Å². The number of nitrogens with zero attached hydrogens (tertiary/aromatic N) is 1. The van der Waals surface area contributed by atoms with Gasteiger partial charge in [0, 0.05) is 42.6 Å². The van der Waals surface area contributed by atoms with Crippen molar-refractivity contribution in [1.82, 2.24) is 5.32 Å². The minimum absolute atomic E-state index is 0.0836. The van der Waals surface area contributed by atoms with E-state index in [-0.39, 0.29) is 11.8 Å². The standard InChI is InChI=1S/C23H26N2O4S/c1-25-20-8-7-19(13-18(20)14-21(25)26)23(28-11-12-29-23)9-10-24-22(27)17-5-3-16(4-6-17)15-30-2/h3-8,13H,9-12,14-15H2,1-2H3,(H,24,27). The Hall–Kier alpha value is -2.35. The van der Waals surface area contributed by atoms with Crippen molar-refractivity contribution in [2.24, 2.45) is 0 Å². The zero-order valence-corrected chi connectivity index (χ0v) is 18.1. The average Bonchev–Trinajstić information content (AvgIpc) is 3.34. The second-order valence-corrected chi connectivity index (χ2v) is 8.42. The van der Waals surface area contributed by atoms with E-state index in [1.807, 2.05) is 42.5 Å².